The third-order valence-electron chi connectivity index (χ3n) is 4.72. The third-order valence-corrected chi connectivity index (χ3v) is 7.78. The highest BCUT2D eigenvalue weighted by Gasteiger charge is 2.23. The van der Waals surface area contributed by atoms with Gasteiger partial charge >= 0.3 is 0 Å². The zero-order chi connectivity index (χ0) is 21.5. The number of nitro groups is 1. The van der Waals surface area contributed by atoms with Gasteiger partial charge in [-0.15, -0.1) is 0 Å². The molecule has 150 valence electrons. The van der Waals surface area contributed by atoms with E-state index in [1.165, 1.54) is 12.1 Å². The van der Waals surface area contributed by atoms with E-state index < -0.39 is 12.0 Å². The zero-order valence-corrected chi connectivity index (χ0v) is 17.5. The van der Waals surface area contributed by atoms with Crippen molar-refractivity contribution in [3.8, 4) is 11.6 Å². The second kappa shape index (κ2) is 9.26. The molecule has 0 saturated carbocycles. The van der Waals surface area contributed by atoms with Gasteiger partial charge in [-0.05, 0) is 29.9 Å². The molecule has 0 N–H and O–H groups in total. The Labute approximate surface area is 181 Å². The first-order valence-electron chi connectivity index (χ1n) is 9.74. The zero-order valence-electron chi connectivity index (χ0n) is 16.6. The van der Waals surface area contributed by atoms with Gasteiger partial charge in [0.15, 0.2) is 0 Å². The summed E-state index contributed by atoms with van der Waals surface area (Å²) in [6.07, 6.45) is 0. The first-order valence-corrected chi connectivity index (χ1v) is 11.5. The molecule has 4 nitrogen and oxygen atoms in total. The Balaban J connectivity index is 2.00. The monoisotopic (exact) mass is 422 g/mol. The van der Waals surface area contributed by atoms with Gasteiger partial charge in [0.25, 0.3) is 5.69 Å². The van der Waals surface area contributed by atoms with Gasteiger partial charge in [0.2, 0.25) is 0 Å². The van der Waals surface area contributed by atoms with Crippen molar-refractivity contribution in [2.24, 2.45) is 4.74 Å². The van der Waals surface area contributed by atoms with Crippen LogP contribution in [0, 0.1) is 21.7 Å². The van der Waals surface area contributed by atoms with E-state index in [9.17, 15) is 10.1 Å². The van der Waals surface area contributed by atoms with Crippen LogP contribution in [0.4, 0.5) is 11.4 Å². The Bertz CT molecular complexity index is 1250. The van der Waals surface area contributed by atoms with Crippen molar-refractivity contribution in [1.82, 2.24) is 0 Å². The van der Waals surface area contributed by atoms with Gasteiger partial charge in [-0.3, -0.25) is 10.1 Å². The molecule has 0 aliphatic heterocycles. The first kappa shape index (κ1) is 20.3. The fourth-order valence-electron chi connectivity index (χ4n) is 3.19. The number of benzene rings is 4. The normalized spacial score (nSPS) is 10.6. The van der Waals surface area contributed by atoms with Crippen LogP contribution >= 0.6 is 7.05 Å². The van der Waals surface area contributed by atoms with Crippen LogP contribution in [0.5, 0.6) is 0 Å². The maximum Gasteiger partial charge on any atom is 0.269 e. The van der Waals surface area contributed by atoms with Gasteiger partial charge in [0.1, 0.15) is 7.05 Å². The summed E-state index contributed by atoms with van der Waals surface area (Å²) in [4.78, 5) is 10.7. The minimum atomic E-state index is -2.53. The number of nitrogens with zero attached hydrogens (tertiary/aromatic N) is 2. The quantitative estimate of drug-likeness (QED) is 0.173. The minimum absolute atomic E-state index is 0.0395. The molecule has 0 amide bonds. The third kappa shape index (κ3) is 4.64. The summed E-state index contributed by atoms with van der Waals surface area (Å²) >= 11 is 0. The Morgan fingerprint density at radius 3 is 1.65 bits per heavy atom. The fraction of sp³-hybridized carbons (Fsp3) is 0. The summed E-state index contributed by atoms with van der Waals surface area (Å²) in [5, 5.41) is 13.1. The van der Waals surface area contributed by atoms with E-state index in [1.54, 1.807) is 12.1 Å². The summed E-state index contributed by atoms with van der Waals surface area (Å²) in [7, 11) is -2.53. The molecule has 5 heteroatoms. The molecular formula is C26H19N2O2P. The second-order valence-electron chi connectivity index (χ2n) is 6.78. The molecule has 0 radical (unpaired) electrons. The van der Waals surface area contributed by atoms with Crippen LogP contribution < -0.4 is 10.6 Å². The number of hydrogen-bond donors (Lipinski definition) is 0. The maximum atomic E-state index is 11.1. The van der Waals surface area contributed by atoms with Crippen molar-refractivity contribution in [2.45, 2.75) is 0 Å². The molecular weight excluding hydrogens is 403 g/mol. The summed E-state index contributed by atoms with van der Waals surface area (Å²) in [6.45, 7) is 0. The summed E-state index contributed by atoms with van der Waals surface area (Å²) in [6, 6.07) is 36.3. The second-order valence-corrected chi connectivity index (χ2v) is 9.51. The maximum absolute atomic E-state index is 11.1. The molecule has 0 bridgehead atoms. The first-order chi connectivity index (χ1) is 15.2. The van der Waals surface area contributed by atoms with E-state index >= 15 is 0 Å². The van der Waals surface area contributed by atoms with E-state index in [1.807, 2.05) is 66.7 Å². The van der Waals surface area contributed by atoms with Crippen LogP contribution in [0.2, 0.25) is 0 Å². The molecule has 4 rings (SSSR count). The lowest BCUT2D eigenvalue weighted by Crippen LogP contribution is -2.14. The molecule has 0 aromatic heterocycles. The van der Waals surface area contributed by atoms with E-state index in [0.29, 0.717) is 5.69 Å². The molecule has 0 spiro atoms. The average Bonchev–Trinajstić information content (AvgIpc) is 2.84. The highest BCUT2D eigenvalue weighted by atomic mass is 31.2. The molecule has 0 heterocycles. The number of non-ortho nitro benzene ring substituents is 1. The van der Waals surface area contributed by atoms with Crippen molar-refractivity contribution in [2.75, 3.05) is 0 Å². The van der Waals surface area contributed by atoms with Gasteiger partial charge in [-0.1, -0.05) is 84.8 Å². The SMILES string of the molecule is O=[N+]([O-])c1ccc(N=P(C#Cc2ccccc2)(c2ccccc2)c2ccccc2)cc1. The van der Waals surface area contributed by atoms with Crippen molar-refractivity contribution >= 4 is 29.0 Å². The molecule has 0 fully saturated rings. The molecule has 4 aromatic carbocycles. The lowest BCUT2D eigenvalue weighted by Gasteiger charge is -2.20. The molecule has 0 atom stereocenters. The van der Waals surface area contributed by atoms with E-state index in [0.717, 1.165) is 16.2 Å². The Morgan fingerprint density at radius 2 is 1.16 bits per heavy atom. The average molecular weight is 422 g/mol. The predicted octanol–water partition coefficient (Wildman–Crippen LogP) is 6.09. The number of rotatable bonds is 4. The van der Waals surface area contributed by atoms with Gasteiger partial charge < -0.3 is 0 Å². The Morgan fingerprint density at radius 1 is 0.677 bits per heavy atom. The standard InChI is InChI=1S/C26H19N2O2P/c29-28(30)24-18-16-23(17-19-24)27-31(25-12-6-2-7-13-25,26-14-8-3-9-15-26)21-20-22-10-4-1-5-11-22/h1-19H. The summed E-state index contributed by atoms with van der Waals surface area (Å²) in [5.41, 5.74) is 5.14. The molecule has 4 aromatic rings. The Kier molecular flexibility index (Phi) is 6.08. The van der Waals surface area contributed by atoms with Crippen molar-refractivity contribution in [3.05, 3.63) is 131 Å². The predicted molar refractivity (Wildman–Crippen MR) is 128 cm³/mol. The van der Waals surface area contributed by atoms with Gasteiger partial charge in [0.05, 0.1) is 10.6 Å². The summed E-state index contributed by atoms with van der Waals surface area (Å²) in [5.74, 6) is 3.33. The van der Waals surface area contributed by atoms with Gasteiger partial charge in [-0.2, -0.15) is 0 Å². The van der Waals surface area contributed by atoms with Crippen LogP contribution in [-0.2, 0) is 0 Å². The molecule has 31 heavy (non-hydrogen) atoms. The van der Waals surface area contributed by atoms with Gasteiger partial charge in [0, 0.05) is 28.3 Å². The largest absolute Gasteiger partial charge is 0.269 e. The lowest BCUT2D eigenvalue weighted by atomic mass is 10.2. The van der Waals surface area contributed by atoms with E-state index in [4.69, 9.17) is 4.74 Å². The number of hydrogen-bond acceptors (Lipinski definition) is 3. The topological polar surface area (TPSA) is 55.5 Å². The molecule has 0 unspecified atom stereocenters. The molecule has 0 saturated heterocycles. The van der Waals surface area contributed by atoms with Gasteiger partial charge in [-0.25, -0.2) is 4.74 Å². The highest BCUT2D eigenvalue weighted by molar-refractivity contribution is 7.85. The lowest BCUT2D eigenvalue weighted by molar-refractivity contribution is -0.384. The van der Waals surface area contributed by atoms with Crippen molar-refractivity contribution in [3.63, 3.8) is 0 Å². The van der Waals surface area contributed by atoms with Crippen LogP contribution in [-0.4, -0.2) is 4.92 Å². The van der Waals surface area contributed by atoms with Crippen LogP contribution in [0.15, 0.2) is 120 Å². The number of nitro benzene ring substituents is 1. The fourth-order valence-corrected chi connectivity index (χ4v) is 6.00. The minimum Gasteiger partial charge on any atom is -0.258 e. The van der Waals surface area contributed by atoms with Crippen LogP contribution in [0.3, 0.4) is 0 Å². The van der Waals surface area contributed by atoms with E-state index in [-0.39, 0.29) is 5.69 Å². The van der Waals surface area contributed by atoms with Crippen LogP contribution in [0.1, 0.15) is 5.56 Å². The van der Waals surface area contributed by atoms with Crippen molar-refractivity contribution < 1.29 is 4.92 Å². The highest BCUT2D eigenvalue weighted by Crippen LogP contribution is 2.49. The van der Waals surface area contributed by atoms with E-state index in [2.05, 4.69) is 35.8 Å². The smallest absolute Gasteiger partial charge is 0.258 e. The molecule has 0 aliphatic rings. The molecule has 0 aliphatic carbocycles. The Hall–Kier alpha value is -3.93. The summed E-state index contributed by atoms with van der Waals surface area (Å²) < 4.78 is 5.16. The van der Waals surface area contributed by atoms with Crippen molar-refractivity contribution in [1.29, 1.82) is 0 Å². The van der Waals surface area contributed by atoms with Crippen LogP contribution in [0.25, 0.3) is 0 Å².